The van der Waals surface area contributed by atoms with Gasteiger partial charge in [0.05, 0.1) is 11.1 Å². The van der Waals surface area contributed by atoms with Crippen LogP contribution in [0.3, 0.4) is 0 Å². The number of fused-ring (bicyclic) bond motifs is 1. The zero-order chi connectivity index (χ0) is 14.8. The van der Waals surface area contributed by atoms with Gasteiger partial charge in [0.15, 0.2) is 0 Å². The molecule has 3 nitrogen and oxygen atoms in total. The highest BCUT2D eigenvalue weighted by molar-refractivity contribution is 6.05. The van der Waals surface area contributed by atoms with Gasteiger partial charge in [-0.3, -0.25) is 9.78 Å². The summed E-state index contributed by atoms with van der Waals surface area (Å²) >= 11 is 0. The molecule has 0 aliphatic carbocycles. The van der Waals surface area contributed by atoms with E-state index < -0.39 is 11.7 Å². The summed E-state index contributed by atoms with van der Waals surface area (Å²) in [7, 11) is 0. The predicted molar refractivity (Wildman–Crippen MR) is 80.8 cm³/mol. The van der Waals surface area contributed by atoms with E-state index in [1.54, 1.807) is 18.2 Å². The summed E-state index contributed by atoms with van der Waals surface area (Å²) in [5.74, 6) is -0.999. The fraction of sp³-hybridized carbons (Fsp3) is 0.0588. The quantitative estimate of drug-likeness (QED) is 0.772. The monoisotopic (exact) mass is 280 g/mol. The molecule has 0 fully saturated rings. The second kappa shape index (κ2) is 5.32. The van der Waals surface area contributed by atoms with Crippen molar-refractivity contribution in [2.45, 2.75) is 6.92 Å². The summed E-state index contributed by atoms with van der Waals surface area (Å²) in [6, 6.07) is 15.2. The smallest absolute Gasteiger partial charge is 0.258 e. The number of aromatic nitrogens is 1. The number of carbonyl (C=O) groups is 1. The number of nitrogens with zero attached hydrogens (tertiary/aromatic N) is 1. The van der Waals surface area contributed by atoms with Gasteiger partial charge in [0.25, 0.3) is 5.91 Å². The van der Waals surface area contributed by atoms with Crippen LogP contribution in [0.4, 0.5) is 10.1 Å². The maximum absolute atomic E-state index is 13.6. The van der Waals surface area contributed by atoms with Crippen LogP contribution < -0.4 is 5.32 Å². The van der Waals surface area contributed by atoms with Crippen LogP contribution in [0.25, 0.3) is 10.9 Å². The molecule has 0 saturated carbocycles. The molecule has 1 amide bonds. The summed E-state index contributed by atoms with van der Waals surface area (Å²) < 4.78 is 13.6. The standard InChI is InChI=1S/C17H13FN2O/c1-11-6-7-12-10-13(8-9-16(12)19-11)20-17(21)14-4-2-3-5-15(14)18/h2-10H,1H3,(H,20,21). The summed E-state index contributed by atoms with van der Waals surface area (Å²) in [4.78, 5) is 16.5. The van der Waals surface area contributed by atoms with Crippen molar-refractivity contribution in [1.82, 2.24) is 4.98 Å². The molecule has 1 heterocycles. The molecule has 0 radical (unpaired) electrons. The Bertz CT molecular complexity index is 830. The van der Waals surface area contributed by atoms with Crippen molar-refractivity contribution >= 4 is 22.5 Å². The molecule has 0 aliphatic heterocycles. The topological polar surface area (TPSA) is 42.0 Å². The number of hydrogen-bond acceptors (Lipinski definition) is 2. The number of benzene rings is 2. The molecular formula is C17H13FN2O. The van der Waals surface area contributed by atoms with Gasteiger partial charge in [-0.2, -0.15) is 0 Å². The van der Waals surface area contributed by atoms with Gasteiger partial charge in [0, 0.05) is 16.8 Å². The lowest BCUT2D eigenvalue weighted by Gasteiger charge is -2.07. The van der Waals surface area contributed by atoms with Gasteiger partial charge in [-0.25, -0.2) is 4.39 Å². The molecule has 3 rings (SSSR count). The molecule has 1 N–H and O–H groups in total. The number of nitrogens with one attached hydrogen (secondary N) is 1. The Morgan fingerprint density at radius 2 is 1.90 bits per heavy atom. The average molecular weight is 280 g/mol. The zero-order valence-corrected chi connectivity index (χ0v) is 11.4. The van der Waals surface area contributed by atoms with Crippen LogP contribution in [0.2, 0.25) is 0 Å². The Kier molecular flexibility index (Phi) is 3.36. The minimum Gasteiger partial charge on any atom is -0.322 e. The molecule has 4 heteroatoms. The lowest BCUT2D eigenvalue weighted by Crippen LogP contribution is -2.13. The van der Waals surface area contributed by atoms with Crippen molar-refractivity contribution in [3.05, 3.63) is 71.7 Å². The SMILES string of the molecule is Cc1ccc2cc(NC(=O)c3ccccc3F)ccc2n1. The number of hydrogen-bond donors (Lipinski definition) is 1. The highest BCUT2D eigenvalue weighted by atomic mass is 19.1. The molecule has 0 saturated heterocycles. The summed E-state index contributed by atoms with van der Waals surface area (Å²) in [5, 5.41) is 3.62. The molecule has 0 unspecified atom stereocenters. The molecule has 21 heavy (non-hydrogen) atoms. The number of halogens is 1. The first-order chi connectivity index (χ1) is 10.1. The Morgan fingerprint density at radius 1 is 1.10 bits per heavy atom. The molecular weight excluding hydrogens is 267 g/mol. The summed E-state index contributed by atoms with van der Waals surface area (Å²) in [6.07, 6.45) is 0. The van der Waals surface area contributed by atoms with Gasteiger partial charge in [0.2, 0.25) is 0 Å². The third-order valence-corrected chi connectivity index (χ3v) is 3.20. The number of carbonyl (C=O) groups excluding carboxylic acids is 1. The molecule has 1 aromatic heterocycles. The molecule has 0 aliphatic rings. The van der Waals surface area contributed by atoms with Gasteiger partial charge < -0.3 is 5.32 Å². The third-order valence-electron chi connectivity index (χ3n) is 3.20. The van der Waals surface area contributed by atoms with Crippen molar-refractivity contribution in [2.75, 3.05) is 5.32 Å². The van der Waals surface area contributed by atoms with E-state index in [0.29, 0.717) is 5.69 Å². The van der Waals surface area contributed by atoms with Crippen LogP contribution in [-0.4, -0.2) is 10.9 Å². The normalized spacial score (nSPS) is 10.6. The Morgan fingerprint density at radius 3 is 2.71 bits per heavy atom. The first-order valence-electron chi connectivity index (χ1n) is 6.57. The van der Waals surface area contributed by atoms with E-state index in [0.717, 1.165) is 16.6 Å². The fourth-order valence-corrected chi connectivity index (χ4v) is 2.15. The van der Waals surface area contributed by atoms with Crippen LogP contribution in [0, 0.1) is 12.7 Å². The minimum atomic E-state index is -0.534. The van der Waals surface area contributed by atoms with Crippen molar-refractivity contribution in [3.8, 4) is 0 Å². The Labute approximate surface area is 121 Å². The molecule has 2 aromatic carbocycles. The second-order valence-electron chi connectivity index (χ2n) is 4.79. The summed E-state index contributed by atoms with van der Waals surface area (Å²) in [5.41, 5.74) is 2.44. The first-order valence-corrected chi connectivity index (χ1v) is 6.57. The maximum atomic E-state index is 13.6. The summed E-state index contributed by atoms with van der Waals surface area (Å²) in [6.45, 7) is 1.92. The van der Waals surface area contributed by atoms with Crippen LogP contribution in [0.5, 0.6) is 0 Å². The van der Waals surface area contributed by atoms with E-state index >= 15 is 0 Å². The number of anilines is 1. The minimum absolute atomic E-state index is 0.0274. The number of rotatable bonds is 2. The van der Waals surface area contributed by atoms with Crippen molar-refractivity contribution in [1.29, 1.82) is 0 Å². The van der Waals surface area contributed by atoms with Crippen LogP contribution in [0.15, 0.2) is 54.6 Å². The van der Waals surface area contributed by atoms with Crippen molar-refractivity contribution < 1.29 is 9.18 Å². The highest BCUT2D eigenvalue weighted by Crippen LogP contribution is 2.19. The lowest BCUT2D eigenvalue weighted by molar-refractivity contribution is 0.102. The van der Waals surface area contributed by atoms with Crippen LogP contribution >= 0.6 is 0 Å². The predicted octanol–water partition coefficient (Wildman–Crippen LogP) is 3.93. The fourth-order valence-electron chi connectivity index (χ4n) is 2.15. The maximum Gasteiger partial charge on any atom is 0.258 e. The van der Waals surface area contributed by atoms with Crippen LogP contribution in [-0.2, 0) is 0 Å². The number of pyridine rings is 1. The molecule has 0 atom stereocenters. The van der Waals surface area contributed by atoms with Gasteiger partial charge >= 0.3 is 0 Å². The van der Waals surface area contributed by atoms with Crippen molar-refractivity contribution in [2.24, 2.45) is 0 Å². The molecule has 3 aromatic rings. The average Bonchev–Trinajstić information content (AvgIpc) is 2.48. The first kappa shape index (κ1) is 13.2. The third kappa shape index (κ3) is 2.74. The van der Waals surface area contributed by atoms with E-state index in [-0.39, 0.29) is 5.56 Å². The highest BCUT2D eigenvalue weighted by Gasteiger charge is 2.11. The van der Waals surface area contributed by atoms with E-state index in [4.69, 9.17) is 0 Å². The van der Waals surface area contributed by atoms with Crippen molar-refractivity contribution in [3.63, 3.8) is 0 Å². The number of aryl methyl sites for hydroxylation is 1. The van der Waals surface area contributed by atoms with Gasteiger partial charge in [-0.15, -0.1) is 0 Å². The second-order valence-corrected chi connectivity index (χ2v) is 4.79. The van der Waals surface area contributed by atoms with E-state index in [2.05, 4.69) is 10.3 Å². The largest absolute Gasteiger partial charge is 0.322 e. The van der Waals surface area contributed by atoms with Gasteiger partial charge in [-0.05, 0) is 43.3 Å². The van der Waals surface area contributed by atoms with E-state index in [1.165, 1.54) is 12.1 Å². The molecule has 104 valence electrons. The lowest BCUT2D eigenvalue weighted by atomic mass is 10.1. The molecule has 0 spiro atoms. The van der Waals surface area contributed by atoms with Gasteiger partial charge in [0.1, 0.15) is 5.82 Å². The number of amides is 1. The van der Waals surface area contributed by atoms with E-state index in [1.807, 2.05) is 31.2 Å². The molecule has 0 bridgehead atoms. The van der Waals surface area contributed by atoms with E-state index in [9.17, 15) is 9.18 Å². The Balaban J connectivity index is 1.90. The van der Waals surface area contributed by atoms with Crippen LogP contribution in [0.1, 0.15) is 16.1 Å². The van der Waals surface area contributed by atoms with Gasteiger partial charge in [-0.1, -0.05) is 18.2 Å². The zero-order valence-electron chi connectivity index (χ0n) is 11.4. The Hall–Kier alpha value is -2.75.